The van der Waals surface area contributed by atoms with Crippen LogP contribution in [0.2, 0.25) is 0 Å². The smallest absolute Gasteiger partial charge is 0.255 e. The van der Waals surface area contributed by atoms with Gasteiger partial charge in [-0.3, -0.25) is 9.59 Å². The number of hydrogen-bond donors (Lipinski definition) is 1. The number of benzene rings is 2. The Hall–Kier alpha value is -2.62. The summed E-state index contributed by atoms with van der Waals surface area (Å²) in [7, 11) is 1.57. The van der Waals surface area contributed by atoms with Crippen LogP contribution >= 0.6 is 0 Å². The molecule has 0 aliphatic heterocycles. The number of methoxy groups -OCH3 is 1. The van der Waals surface area contributed by atoms with Crippen molar-refractivity contribution in [2.24, 2.45) is 0 Å². The second-order valence-corrected chi connectivity index (χ2v) is 4.38. The number of carbonyl (C=O) groups is 2. The van der Waals surface area contributed by atoms with Gasteiger partial charge in [-0.25, -0.2) is 0 Å². The molecule has 0 saturated heterocycles. The van der Waals surface area contributed by atoms with Gasteiger partial charge in [-0.1, -0.05) is 6.07 Å². The lowest BCUT2D eigenvalue weighted by Crippen LogP contribution is -2.12. The van der Waals surface area contributed by atoms with E-state index in [0.717, 1.165) is 11.8 Å². The lowest BCUT2D eigenvalue weighted by Gasteiger charge is -2.08. The second kappa shape index (κ2) is 6.02. The van der Waals surface area contributed by atoms with Crippen molar-refractivity contribution in [1.29, 1.82) is 0 Å². The van der Waals surface area contributed by atoms with E-state index in [4.69, 9.17) is 4.74 Å². The van der Waals surface area contributed by atoms with Gasteiger partial charge in [0.05, 0.1) is 7.11 Å². The van der Waals surface area contributed by atoms with Crippen molar-refractivity contribution in [2.75, 3.05) is 12.4 Å². The zero-order valence-corrected chi connectivity index (χ0v) is 11.3. The lowest BCUT2D eigenvalue weighted by atomic mass is 10.1. The average molecular weight is 269 g/mol. The fourth-order valence-electron chi connectivity index (χ4n) is 1.81. The molecule has 20 heavy (non-hydrogen) atoms. The van der Waals surface area contributed by atoms with E-state index in [1.807, 2.05) is 13.0 Å². The molecule has 0 unspecified atom stereocenters. The Balaban J connectivity index is 2.16. The van der Waals surface area contributed by atoms with E-state index in [1.165, 1.54) is 0 Å². The van der Waals surface area contributed by atoms with E-state index in [9.17, 15) is 9.59 Å². The molecular formula is C16H15NO3. The van der Waals surface area contributed by atoms with Gasteiger partial charge in [0.1, 0.15) is 12.0 Å². The molecule has 0 spiro atoms. The average Bonchev–Trinajstić information content (AvgIpc) is 2.48. The third-order valence-electron chi connectivity index (χ3n) is 2.97. The Labute approximate surface area is 117 Å². The highest BCUT2D eigenvalue weighted by atomic mass is 16.5. The summed E-state index contributed by atoms with van der Waals surface area (Å²) in [4.78, 5) is 22.7. The van der Waals surface area contributed by atoms with Crippen LogP contribution in [0.3, 0.4) is 0 Å². The maximum atomic E-state index is 12.1. The van der Waals surface area contributed by atoms with Crippen LogP contribution in [0.4, 0.5) is 5.69 Å². The van der Waals surface area contributed by atoms with Crippen LogP contribution in [0.15, 0.2) is 42.5 Å². The maximum absolute atomic E-state index is 12.1. The van der Waals surface area contributed by atoms with Gasteiger partial charge in [-0.15, -0.1) is 0 Å². The third kappa shape index (κ3) is 3.03. The predicted molar refractivity (Wildman–Crippen MR) is 77.5 cm³/mol. The second-order valence-electron chi connectivity index (χ2n) is 4.38. The molecule has 0 saturated carbocycles. The summed E-state index contributed by atoms with van der Waals surface area (Å²) in [6.45, 7) is 1.92. The highest BCUT2D eigenvalue weighted by molar-refractivity contribution is 6.04. The van der Waals surface area contributed by atoms with Crippen LogP contribution in [0, 0.1) is 6.92 Å². The van der Waals surface area contributed by atoms with Gasteiger partial charge in [-0.05, 0) is 48.9 Å². The molecule has 0 fully saturated rings. The number of aldehydes is 1. The Kier molecular flexibility index (Phi) is 4.15. The van der Waals surface area contributed by atoms with Crippen molar-refractivity contribution < 1.29 is 14.3 Å². The van der Waals surface area contributed by atoms with Crippen molar-refractivity contribution in [3.8, 4) is 5.75 Å². The molecule has 1 N–H and O–H groups in total. The molecule has 4 heteroatoms. The van der Waals surface area contributed by atoms with Gasteiger partial charge in [0.25, 0.3) is 5.91 Å². The minimum absolute atomic E-state index is 0.220. The van der Waals surface area contributed by atoms with Crippen LogP contribution in [-0.4, -0.2) is 19.3 Å². The van der Waals surface area contributed by atoms with Crippen molar-refractivity contribution >= 4 is 17.9 Å². The zero-order valence-electron chi connectivity index (χ0n) is 11.3. The van der Waals surface area contributed by atoms with E-state index in [-0.39, 0.29) is 5.91 Å². The summed E-state index contributed by atoms with van der Waals surface area (Å²) in [6, 6.07) is 12.0. The molecule has 1 amide bonds. The molecule has 2 aromatic carbocycles. The number of ether oxygens (including phenoxy) is 1. The molecule has 2 rings (SSSR count). The van der Waals surface area contributed by atoms with Gasteiger partial charge in [-0.2, -0.15) is 0 Å². The van der Waals surface area contributed by atoms with Crippen LogP contribution in [0.25, 0.3) is 0 Å². The monoisotopic (exact) mass is 269 g/mol. The number of carbonyl (C=O) groups excluding carboxylic acids is 2. The van der Waals surface area contributed by atoms with Gasteiger partial charge in [0.15, 0.2) is 0 Å². The van der Waals surface area contributed by atoms with E-state index < -0.39 is 0 Å². The summed E-state index contributed by atoms with van der Waals surface area (Å²) in [5, 5.41) is 2.77. The molecule has 0 radical (unpaired) electrons. The Morgan fingerprint density at radius 3 is 2.45 bits per heavy atom. The fourth-order valence-corrected chi connectivity index (χ4v) is 1.81. The molecule has 0 atom stereocenters. The van der Waals surface area contributed by atoms with Crippen molar-refractivity contribution in [2.45, 2.75) is 6.92 Å². The number of nitrogens with one attached hydrogen (secondary N) is 1. The number of hydrogen-bond acceptors (Lipinski definition) is 3. The quantitative estimate of drug-likeness (QED) is 0.868. The lowest BCUT2D eigenvalue weighted by molar-refractivity contribution is 0.102. The molecule has 4 nitrogen and oxygen atoms in total. The predicted octanol–water partition coefficient (Wildman–Crippen LogP) is 3.07. The summed E-state index contributed by atoms with van der Waals surface area (Å²) >= 11 is 0. The normalized spacial score (nSPS) is 9.90. The Bertz CT molecular complexity index is 633. The van der Waals surface area contributed by atoms with E-state index in [0.29, 0.717) is 22.6 Å². The standard InChI is InChI=1S/C16H15NO3/c1-11-3-6-13(9-15(11)20-2)16(19)17-14-7-4-12(10-18)5-8-14/h3-10H,1-2H3,(H,17,19). The summed E-state index contributed by atoms with van der Waals surface area (Å²) in [5.74, 6) is 0.455. The minimum Gasteiger partial charge on any atom is -0.496 e. The van der Waals surface area contributed by atoms with Crippen LogP contribution in [0.1, 0.15) is 26.3 Å². The van der Waals surface area contributed by atoms with Gasteiger partial charge in [0.2, 0.25) is 0 Å². The van der Waals surface area contributed by atoms with Gasteiger partial charge < -0.3 is 10.1 Å². The van der Waals surface area contributed by atoms with Crippen LogP contribution in [0.5, 0.6) is 5.75 Å². The van der Waals surface area contributed by atoms with Crippen molar-refractivity contribution in [3.05, 3.63) is 59.2 Å². The number of rotatable bonds is 4. The molecule has 0 aromatic heterocycles. The first-order valence-corrected chi connectivity index (χ1v) is 6.15. The number of aryl methyl sites for hydroxylation is 1. The fraction of sp³-hybridized carbons (Fsp3) is 0.125. The first-order chi connectivity index (χ1) is 9.63. The molecule has 0 bridgehead atoms. The van der Waals surface area contributed by atoms with Crippen molar-refractivity contribution in [1.82, 2.24) is 0 Å². The molecular weight excluding hydrogens is 254 g/mol. The Morgan fingerprint density at radius 2 is 1.85 bits per heavy atom. The number of amides is 1. The first-order valence-electron chi connectivity index (χ1n) is 6.15. The van der Waals surface area contributed by atoms with Crippen molar-refractivity contribution in [3.63, 3.8) is 0 Å². The van der Waals surface area contributed by atoms with E-state index in [2.05, 4.69) is 5.32 Å². The summed E-state index contributed by atoms with van der Waals surface area (Å²) in [5.41, 5.74) is 2.70. The van der Waals surface area contributed by atoms with Crippen LogP contribution in [-0.2, 0) is 0 Å². The molecule has 0 aliphatic rings. The number of anilines is 1. The van der Waals surface area contributed by atoms with Gasteiger partial charge >= 0.3 is 0 Å². The van der Waals surface area contributed by atoms with Crippen LogP contribution < -0.4 is 10.1 Å². The van der Waals surface area contributed by atoms with Gasteiger partial charge in [0, 0.05) is 16.8 Å². The topological polar surface area (TPSA) is 55.4 Å². The summed E-state index contributed by atoms with van der Waals surface area (Å²) in [6.07, 6.45) is 0.760. The molecule has 0 heterocycles. The SMILES string of the molecule is COc1cc(C(=O)Nc2ccc(C=O)cc2)ccc1C. The molecule has 2 aromatic rings. The molecule has 0 aliphatic carbocycles. The first kappa shape index (κ1) is 13.8. The largest absolute Gasteiger partial charge is 0.496 e. The zero-order chi connectivity index (χ0) is 14.5. The van der Waals surface area contributed by atoms with E-state index >= 15 is 0 Å². The maximum Gasteiger partial charge on any atom is 0.255 e. The highest BCUT2D eigenvalue weighted by Crippen LogP contribution is 2.20. The highest BCUT2D eigenvalue weighted by Gasteiger charge is 2.08. The minimum atomic E-state index is -0.220. The third-order valence-corrected chi connectivity index (χ3v) is 2.97. The summed E-state index contributed by atoms with van der Waals surface area (Å²) < 4.78 is 5.20. The Morgan fingerprint density at radius 1 is 1.15 bits per heavy atom. The van der Waals surface area contributed by atoms with E-state index in [1.54, 1.807) is 43.5 Å². The molecule has 102 valence electrons.